The highest BCUT2D eigenvalue weighted by atomic mass is 35.5. The van der Waals surface area contributed by atoms with Gasteiger partial charge in [0.25, 0.3) is 0 Å². The molecule has 108 valence electrons. The summed E-state index contributed by atoms with van der Waals surface area (Å²) in [6, 6.07) is 0. The van der Waals surface area contributed by atoms with Crippen molar-refractivity contribution in [2.45, 2.75) is 45.8 Å². The van der Waals surface area contributed by atoms with Gasteiger partial charge in [-0.15, -0.1) is 19.0 Å². The Morgan fingerprint density at radius 2 is 2.06 bits per heavy atom. The predicted octanol–water partition coefficient (Wildman–Crippen LogP) is 1.88. The average molecular weight is 279 g/mol. The fourth-order valence-corrected chi connectivity index (χ4v) is 1.22. The van der Waals surface area contributed by atoms with Crippen LogP contribution in [-0.2, 0) is 9.53 Å². The Kier molecular flexibility index (Phi) is 10.3. The maximum Gasteiger partial charge on any atom is 0.249 e. The summed E-state index contributed by atoms with van der Waals surface area (Å²) in [6.45, 7) is 12.3. The Bertz CT molecular complexity index is 259. The van der Waals surface area contributed by atoms with Gasteiger partial charge in [0.05, 0.1) is 12.1 Å². The third-order valence-corrected chi connectivity index (χ3v) is 3.17. The molecule has 3 N–H and O–H groups in total. The Hall–Kier alpha value is -0.580. The van der Waals surface area contributed by atoms with Gasteiger partial charge in [-0.05, 0) is 26.2 Å². The van der Waals surface area contributed by atoms with Crippen molar-refractivity contribution >= 4 is 18.3 Å². The van der Waals surface area contributed by atoms with Gasteiger partial charge >= 0.3 is 0 Å². The van der Waals surface area contributed by atoms with Crippen LogP contribution in [0.25, 0.3) is 0 Å². The van der Waals surface area contributed by atoms with Crippen molar-refractivity contribution in [2.24, 2.45) is 11.7 Å². The van der Waals surface area contributed by atoms with Crippen molar-refractivity contribution in [3.05, 3.63) is 12.7 Å². The van der Waals surface area contributed by atoms with E-state index in [1.54, 1.807) is 13.0 Å². The number of halogens is 1. The minimum atomic E-state index is -0.459. The normalized spacial score (nSPS) is 15.4. The first-order valence-electron chi connectivity index (χ1n) is 6.12. The molecule has 0 aromatic heterocycles. The van der Waals surface area contributed by atoms with Crippen LogP contribution in [0.3, 0.4) is 0 Å². The van der Waals surface area contributed by atoms with Gasteiger partial charge in [0.2, 0.25) is 5.91 Å². The van der Waals surface area contributed by atoms with Crippen molar-refractivity contribution in [3.63, 3.8) is 0 Å². The third kappa shape index (κ3) is 6.38. The van der Waals surface area contributed by atoms with Crippen molar-refractivity contribution in [1.29, 1.82) is 0 Å². The molecule has 2 unspecified atom stereocenters. The molecule has 0 fully saturated rings. The Morgan fingerprint density at radius 3 is 2.44 bits per heavy atom. The van der Waals surface area contributed by atoms with Crippen LogP contribution in [0.15, 0.2) is 12.7 Å². The zero-order valence-electron chi connectivity index (χ0n) is 11.9. The highest BCUT2D eigenvalue weighted by Crippen LogP contribution is 2.15. The first-order chi connectivity index (χ1) is 7.87. The molecule has 0 aliphatic heterocycles. The van der Waals surface area contributed by atoms with E-state index < -0.39 is 6.10 Å². The lowest BCUT2D eigenvalue weighted by molar-refractivity contribution is -0.134. The van der Waals surface area contributed by atoms with Crippen LogP contribution in [0.1, 0.15) is 34.1 Å². The minimum Gasteiger partial charge on any atom is -0.368 e. The quantitative estimate of drug-likeness (QED) is 0.526. The largest absolute Gasteiger partial charge is 0.368 e. The van der Waals surface area contributed by atoms with Crippen molar-refractivity contribution in [2.75, 3.05) is 13.2 Å². The predicted molar refractivity (Wildman–Crippen MR) is 77.9 cm³/mol. The zero-order chi connectivity index (χ0) is 13.5. The molecular formula is C13H27ClN2O2. The lowest BCUT2D eigenvalue weighted by Crippen LogP contribution is -2.57. The van der Waals surface area contributed by atoms with Crippen molar-refractivity contribution in [1.82, 2.24) is 5.32 Å². The van der Waals surface area contributed by atoms with E-state index in [1.165, 1.54) is 0 Å². The average Bonchev–Trinajstić information content (AvgIpc) is 2.28. The summed E-state index contributed by atoms with van der Waals surface area (Å²) in [5.74, 6) is 0.160. The van der Waals surface area contributed by atoms with Gasteiger partial charge in [-0.25, -0.2) is 0 Å². The van der Waals surface area contributed by atoms with E-state index in [2.05, 4.69) is 11.9 Å². The van der Waals surface area contributed by atoms with Gasteiger partial charge in [0.15, 0.2) is 0 Å². The summed E-state index contributed by atoms with van der Waals surface area (Å²) >= 11 is 0. The molecule has 2 atom stereocenters. The summed E-state index contributed by atoms with van der Waals surface area (Å²) in [4.78, 5) is 11.9. The van der Waals surface area contributed by atoms with E-state index in [0.29, 0.717) is 13.2 Å². The van der Waals surface area contributed by atoms with Gasteiger partial charge in [-0.3, -0.25) is 4.79 Å². The molecule has 0 aromatic rings. The first-order valence-corrected chi connectivity index (χ1v) is 6.12. The topological polar surface area (TPSA) is 64.3 Å². The molecule has 0 aromatic carbocycles. The smallest absolute Gasteiger partial charge is 0.249 e. The van der Waals surface area contributed by atoms with Gasteiger partial charge in [-0.2, -0.15) is 0 Å². The number of ether oxygens (including phenoxy) is 1. The van der Waals surface area contributed by atoms with Crippen LogP contribution in [0, 0.1) is 5.92 Å². The molecule has 0 spiro atoms. The monoisotopic (exact) mass is 278 g/mol. The maximum absolute atomic E-state index is 11.9. The number of carbonyl (C=O) groups is 1. The number of hydrogen-bond donors (Lipinski definition) is 2. The second-order valence-electron chi connectivity index (χ2n) is 4.86. The summed E-state index contributed by atoms with van der Waals surface area (Å²) in [5, 5.41) is 2.95. The van der Waals surface area contributed by atoms with Gasteiger partial charge in [0, 0.05) is 6.54 Å². The highest BCUT2D eigenvalue weighted by molar-refractivity contribution is 5.85. The maximum atomic E-state index is 11.9. The zero-order valence-corrected chi connectivity index (χ0v) is 12.7. The van der Waals surface area contributed by atoms with E-state index in [1.807, 2.05) is 20.8 Å². The molecule has 0 saturated heterocycles. The van der Waals surface area contributed by atoms with E-state index in [0.717, 1.165) is 6.42 Å². The Labute approximate surface area is 117 Å². The third-order valence-electron chi connectivity index (χ3n) is 3.17. The first kappa shape index (κ1) is 19.8. The molecule has 0 rings (SSSR count). The molecule has 0 heterocycles. The number of amides is 1. The van der Waals surface area contributed by atoms with Crippen LogP contribution < -0.4 is 11.1 Å². The van der Waals surface area contributed by atoms with E-state index in [4.69, 9.17) is 10.5 Å². The van der Waals surface area contributed by atoms with Crippen LogP contribution in [-0.4, -0.2) is 30.7 Å². The molecule has 18 heavy (non-hydrogen) atoms. The van der Waals surface area contributed by atoms with Gasteiger partial charge in [0.1, 0.15) is 6.10 Å². The van der Waals surface area contributed by atoms with Crippen LogP contribution >= 0.6 is 12.4 Å². The van der Waals surface area contributed by atoms with Crippen LogP contribution in [0.4, 0.5) is 0 Å². The van der Waals surface area contributed by atoms with Gasteiger partial charge in [-0.1, -0.05) is 19.9 Å². The van der Waals surface area contributed by atoms with E-state index >= 15 is 0 Å². The minimum absolute atomic E-state index is 0. The molecule has 5 heteroatoms. The van der Waals surface area contributed by atoms with E-state index in [9.17, 15) is 4.79 Å². The Balaban J connectivity index is 0. The summed E-state index contributed by atoms with van der Waals surface area (Å²) in [5.41, 5.74) is 5.33. The standard InChI is InChI=1S/C13H26N2O2.ClH/c1-6-7-8-17-11(4)12(16)15-13(5,9-14)10(2)3;/h6,10-11H,1,7-9,14H2,2-5H3,(H,15,16);1H. The molecule has 0 aliphatic carbocycles. The molecule has 1 amide bonds. The summed E-state index contributed by atoms with van der Waals surface area (Å²) in [6.07, 6.45) is 2.05. The van der Waals surface area contributed by atoms with Crippen LogP contribution in [0.5, 0.6) is 0 Å². The number of hydrogen-bond acceptors (Lipinski definition) is 3. The molecule has 0 radical (unpaired) electrons. The Morgan fingerprint density at radius 1 is 1.50 bits per heavy atom. The summed E-state index contributed by atoms with van der Waals surface area (Å²) < 4.78 is 5.39. The molecular weight excluding hydrogens is 252 g/mol. The van der Waals surface area contributed by atoms with Crippen LogP contribution in [0.2, 0.25) is 0 Å². The number of nitrogens with one attached hydrogen (secondary N) is 1. The lowest BCUT2D eigenvalue weighted by Gasteiger charge is -2.34. The summed E-state index contributed by atoms with van der Waals surface area (Å²) in [7, 11) is 0. The number of rotatable bonds is 8. The second-order valence-corrected chi connectivity index (χ2v) is 4.86. The molecule has 4 nitrogen and oxygen atoms in total. The van der Waals surface area contributed by atoms with E-state index in [-0.39, 0.29) is 29.8 Å². The van der Waals surface area contributed by atoms with Crippen molar-refractivity contribution < 1.29 is 9.53 Å². The fourth-order valence-electron chi connectivity index (χ4n) is 1.22. The molecule has 0 aliphatic rings. The molecule has 0 saturated carbocycles. The van der Waals surface area contributed by atoms with Crippen molar-refractivity contribution in [3.8, 4) is 0 Å². The second kappa shape index (κ2) is 9.36. The highest BCUT2D eigenvalue weighted by Gasteiger charge is 2.30. The number of carbonyl (C=O) groups excluding carboxylic acids is 1. The number of nitrogens with two attached hydrogens (primary N) is 1. The lowest BCUT2D eigenvalue weighted by atomic mass is 9.88. The fraction of sp³-hybridized carbons (Fsp3) is 0.769. The SMILES string of the molecule is C=CCCOC(C)C(=O)NC(C)(CN)C(C)C.Cl. The molecule has 0 bridgehead atoms. The van der Waals surface area contributed by atoms with Gasteiger partial charge < -0.3 is 15.8 Å².